The quantitative estimate of drug-likeness (QED) is 0.848. The van der Waals surface area contributed by atoms with E-state index in [4.69, 9.17) is 4.74 Å². The van der Waals surface area contributed by atoms with Gasteiger partial charge in [0.25, 0.3) is 5.91 Å². The molecular formula is C22H24N2O3. The molecule has 0 unspecified atom stereocenters. The first-order chi connectivity index (χ1) is 13.0. The number of hydrogen-bond donors (Lipinski definition) is 1. The number of hydrogen-bond acceptors (Lipinski definition) is 3. The number of benzene rings is 2. The molecule has 1 aliphatic carbocycles. The average Bonchev–Trinajstić information content (AvgIpc) is 2.88. The van der Waals surface area contributed by atoms with E-state index in [-0.39, 0.29) is 25.1 Å². The van der Waals surface area contributed by atoms with Crippen LogP contribution < -0.4 is 10.1 Å². The Hall–Kier alpha value is -2.82. The summed E-state index contributed by atoms with van der Waals surface area (Å²) in [4.78, 5) is 26.8. The van der Waals surface area contributed by atoms with Crippen LogP contribution in [-0.2, 0) is 17.6 Å². The highest BCUT2D eigenvalue weighted by Crippen LogP contribution is 2.33. The Morgan fingerprint density at radius 1 is 1.11 bits per heavy atom. The van der Waals surface area contributed by atoms with Crippen molar-refractivity contribution in [2.45, 2.75) is 38.6 Å². The van der Waals surface area contributed by atoms with E-state index in [0.29, 0.717) is 12.8 Å². The number of carbonyl (C=O) groups excluding carboxylic acids is 2. The summed E-state index contributed by atoms with van der Waals surface area (Å²) in [5.74, 6) is 0.662. The normalized spacial score (nSPS) is 21.3. The Morgan fingerprint density at radius 3 is 2.70 bits per heavy atom. The molecule has 1 spiro atoms. The molecule has 0 saturated carbocycles. The number of rotatable bonds is 4. The van der Waals surface area contributed by atoms with Gasteiger partial charge in [0.1, 0.15) is 17.9 Å². The third-order valence-electron chi connectivity index (χ3n) is 5.59. The molecule has 2 aromatic carbocycles. The summed E-state index contributed by atoms with van der Waals surface area (Å²) < 4.78 is 5.83. The number of imide groups is 1. The second-order valence-electron chi connectivity index (χ2n) is 7.53. The summed E-state index contributed by atoms with van der Waals surface area (Å²) in [6.07, 6.45) is 2.00. The number of fused-ring (bicyclic) bond motifs is 1. The fraction of sp³-hybridized carbons (Fsp3) is 0.364. The van der Waals surface area contributed by atoms with Crippen LogP contribution >= 0.6 is 0 Å². The van der Waals surface area contributed by atoms with Gasteiger partial charge in [-0.15, -0.1) is 0 Å². The van der Waals surface area contributed by atoms with Crippen LogP contribution in [0, 0.1) is 13.8 Å². The van der Waals surface area contributed by atoms with Gasteiger partial charge in [0, 0.05) is 6.42 Å². The van der Waals surface area contributed by atoms with E-state index in [1.807, 2.05) is 50.2 Å². The number of amides is 3. The molecule has 0 bridgehead atoms. The first-order valence-electron chi connectivity index (χ1n) is 9.39. The molecular weight excluding hydrogens is 340 g/mol. The van der Waals surface area contributed by atoms with Crippen molar-refractivity contribution >= 4 is 11.9 Å². The average molecular weight is 364 g/mol. The summed E-state index contributed by atoms with van der Waals surface area (Å²) >= 11 is 0. The van der Waals surface area contributed by atoms with E-state index >= 15 is 0 Å². The SMILES string of the molecule is Cc1ccc(C)c(OCCN2C(=O)N[C@]3(CCc4ccccc4C3)C2=O)c1. The third kappa shape index (κ3) is 3.18. The summed E-state index contributed by atoms with van der Waals surface area (Å²) in [5.41, 5.74) is 3.77. The molecule has 4 rings (SSSR count). The lowest BCUT2D eigenvalue weighted by Crippen LogP contribution is -2.51. The van der Waals surface area contributed by atoms with Crippen LogP contribution in [0.4, 0.5) is 4.79 Å². The van der Waals surface area contributed by atoms with Gasteiger partial charge in [-0.2, -0.15) is 0 Å². The van der Waals surface area contributed by atoms with Crippen molar-refractivity contribution in [3.05, 3.63) is 64.7 Å². The minimum atomic E-state index is -0.801. The maximum absolute atomic E-state index is 13.1. The highest BCUT2D eigenvalue weighted by atomic mass is 16.5. The van der Waals surface area contributed by atoms with Gasteiger partial charge < -0.3 is 10.1 Å². The van der Waals surface area contributed by atoms with Gasteiger partial charge in [-0.05, 0) is 55.0 Å². The maximum atomic E-state index is 13.1. The molecule has 5 heteroatoms. The van der Waals surface area contributed by atoms with E-state index in [9.17, 15) is 9.59 Å². The smallest absolute Gasteiger partial charge is 0.325 e. The van der Waals surface area contributed by atoms with Gasteiger partial charge >= 0.3 is 6.03 Å². The lowest BCUT2D eigenvalue weighted by molar-refractivity contribution is -0.132. The second kappa shape index (κ2) is 6.72. The number of urea groups is 1. The Morgan fingerprint density at radius 2 is 1.89 bits per heavy atom. The number of aryl methyl sites for hydroxylation is 3. The molecule has 1 saturated heterocycles. The fourth-order valence-electron chi connectivity index (χ4n) is 4.01. The lowest BCUT2D eigenvalue weighted by Gasteiger charge is -2.32. The number of nitrogens with zero attached hydrogens (tertiary/aromatic N) is 1. The third-order valence-corrected chi connectivity index (χ3v) is 5.59. The first-order valence-corrected chi connectivity index (χ1v) is 9.39. The standard InChI is InChI=1S/C22H24N2O3/c1-15-7-8-16(2)19(13-15)27-12-11-24-20(25)22(23-21(24)26)10-9-17-5-3-4-6-18(17)14-22/h3-8,13H,9-12,14H2,1-2H3,(H,23,26)/t22-/m0/s1. The van der Waals surface area contributed by atoms with E-state index in [2.05, 4.69) is 11.4 Å². The van der Waals surface area contributed by atoms with Gasteiger partial charge in [0.2, 0.25) is 0 Å². The van der Waals surface area contributed by atoms with Crippen molar-refractivity contribution < 1.29 is 14.3 Å². The molecule has 2 aliphatic rings. The summed E-state index contributed by atoms with van der Waals surface area (Å²) in [6.45, 7) is 4.53. The Kier molecular flexibility index (Phi) is 4.38. The van der Waals surface area contributed by atoms with Crippen molar-refractivity contribution in [3.8, 4) is 5.75 Å². The Balaban J connectivity index is 1.44. The van der Waals surface area contributed by atoms with Crippen LogP contribution in [-0.4, -0.2) is 35.5 Å². The molecule has 3 amide bonds. The van der Waals surface area contributed by atoms with E-state index in [0.717, 1.165) is 28.9 Å². The van der Waals surface area contributed by atoms with Gasteiger partial charge in [-0.3, -0.25) is 9.69 Å². The van der Waals surface area contributed by atoms with E-state index in [1.54, 1.807) is 0 Å². The van der Waals surface area contributed by atoms with Crippen LogP contribution in [0.15, 0.2) is 42.5 Å². The fourth-order valence-corrected chi connectivity index (χ4v) is 4.01. The van der Waals surface area contributed by atoms with Crippen molar-refractivity contribution in [1.82, 2.24) is 10.2 Å². The van der Waals surface area contributed by atoms with Crippen molar-refractivity contribution in [2.75, 3.05) is 13.2 Å². The van der Waals surface area contributed by atoms with Crippen molar-refractivity contribution in [2.24, 2.45) is 0 Å². The minimum Gasteiger partial charge on any atom is -0.491 e. The van der Waals surface area contributed by atoms with Gasteiger partial charge in [-0.25, -0.2) is 4.79 Å². The zero-order valence-corrected chi connectivity index (χ0v) is 15.7. The molecule has 1 atom stereocenters. The predicted molar refractivity (Wildman–Crippen MR) is 103 cm³/mol. The largest absolute Gasteiger partial charge is 0.491 e. The maximum Gasteiger partial charge on any atom is 0.325 e. The monoisotopic (exact) mass is 364 g/mol. The van der Waals surface area contributed by atoms with Crippen molar-refractivity contribution in [1.29, 1.82) is 0 Å². The predicted octanol–water partition coefficient (Wildman–Crippen LogP) is 3.16. The first kappa shape index (κ1) is 17.6. The molecule has 140 valence electrons. The molecule has 0 radical (unpaired) electrons. The van der Waals surface area contributed by atoms with Gasteiger partial charge in [-0.1, -0.05) is 36.4 Å². The molecule has 1 N–H and O–H groups in total. The molecule has 0 aromatic heterocycles. The topological polar surface area (TPSA) is 58.6 Å². The van der Waals surface area contributed by atoms with Crippen LogP contribution in [0.3, 0.4) is 0 Å². The Bertz CT molecular complexity index is 908. The number of ether oxygens (including phenoxy) is 1. The van der Waals surface area contributed by atoms with Crippen LogP contribution in [0.1, 0.15) is 28.7 Å². The number of nitrogens with one attached hydrogen (secondary N) is 1. The molecule has 27 heavy (non-hydrogen) atoms. The summed E-state index contributed by atoms with van der Waals surface area (Å²) in [7, 11) is 0. The molecule has 2 aromatic rings. The molecule has 1 heterocycles. The highest BCUT2D eigenvalue weighted by molar-refractivity contribution is 6.07. The molecule has 1 fully saturated rings. The Labute approximate surface area is 159 Å². The molecule has 1 aliphatic heterocycles. The second-order valence-corrected chi connectivity index (χ2v) is 7.53. The zero-order valence-electron chi connectivity index (χ0n) is 15.7. The number of carbonyl (C=O) groups is 2. The van der Waals surface area contributed by atoms with E-state index in [1.165, 1.54) is 10.5 Å². The van der Waals surface area contributed by atoms with Gasteiger partial charge in [0.15, 0.2) is 0 Å². The minimum absolute atomic E-state index is 0.133. The van der Waals surface area contributed by atoms with Crippen LogP contribution in [0.25, 0.3) is 0 Å². The van der Waals surface area contributed by atoms with E-state index < -0.39 is 5.54 Å². The summed E-state index contributed by atoms with van der Waals surface area (Å²) in [6, 6.07) is 13.8. The highest BCUT2D eigenvalue weighted by Gasteiger charge is 2.52. The summed E-state index contributed by atoms with van der Waals surface area (Å²) in [5, 5.41) is 2.96. The zero-order chi connectivity index (χ0) is 19.0. The lowest BCUT2D eigenvalue weighted by atomic mass is 9.78. The molecule has 5 nitrogen and oxygen atoms in total. The van der Waals surface area contributed by atoms with Gasteiger partial charge in [0.05, 0.1) is 6.54 Å². The van der Waals surface area contributed by atoms with Crippen LogP contribution in [0.2, 0.25) is 0 Å². The van der Waals surface area contributed by atoms with Crippen LogP contribution in [0.5, 0.6) is 5.75 Å². The van der Waals surface area contributed by atoms with Crippen molar-refractivity contribution in [3.63, 3.8) is 0 Å².